The van der Waals surface area contributed by atoms with Crippen molar-refractivity contribution in [2.24, 2.45) is 0 Å². The number of hydrogen-bond donors (Lipinski definition) is 1. The fraction of sp³-hybridized carbons (Fsp3) is 0.375. The number of nitrogens with zero attached hydrogens (tertiary/aromatic N) is 2. The van der Waals surface area contributed by atoms with Gasteiger partial charge in [0, 0.05) is 24.7 Å². The first-order valence-electron chi connectivity index (χ1n) is 7.25. The maximum atomic E-state index is 12.9. The Balaban J connectivity index is 1.74. The highest BCUT2D eigenvalue weighted by Crippen LogP contribution is 2.20. The van der Waals surface area contributed by atoms with Crippen molar-refractivity contribution in [3.05, 3.63) is 41.8 Å². The number of carbonyl (C=O) groups is 1. The van der Waals surface area contributed by atoms with E-state index >= 15 is 0 Å². The average Bonchev–Trinajstić information content (AvgIpc) is 2.96. The zero-order chi connectivity index (χ0) is 16.7. The van der Waals surface area contributed by atoms with E-state index in [4.69, 9.17) is 9.26 Å². The zero-order valence-electron chi connectivity index (χ0n) is 13.2. The molecular formula is C16H20FN3O3. The van der Waals surface area contributed by atoms with Crippen LogP contribution < -0.4 is 5.32 Å². The van der Waals surface area contributed by atoms with Crippen LogP contribution >= 0.6 is 0 Å². The van der Waals surface area contributed by atoms with Gasteiger partial charge in [0.05, 0.1) is 6.61 Å². The summed E-state index contributed by atoms with van der Waals surface area (Å²) in [7, 11) is 3.87. The van der Waals surface area contributed by atoms with Crippen molar-refractivity contribution in [1.82, 2.24) is 15.4 Å². The number of aromatic nitrogens is 1. The molecule has 0 unspecified atom stereocenters. The molecule has 1 N–H and O–H groups in total. The number of halogens is 1. The lowest BCUT2D eigenvalue weighted by Crippen LogP contribution is -2.33. The first-order chi connectivity index (χ1) is 11.0. The first-order valence-corrected chi connectivity index (χ1v) is 7.25. The quantitative estimate of drug-likeness (QED) is 0.801. The minimum atomic E-state index is -0.308. The molecule has 2 rings (SSSR count). The largest absolute Gasteiger partial charge is 0.365 e. The Kier molecular flexibility index (Phi) is 6.25. The van der Waals surface area contributed by atoms with Crippen molar-refractivity contribution in [3.8, 4) is 11.3 Å². The number of hydrogen-bond acceptors (Lipinski definition) is 5. The molecule has 0 saturated carbocycles. The summed E-state index contributed by atoms with van der Waals surface area (Å²) in [6.07, 6.45) is 0. The topological polar surface area (TPSA) is 67.6 Å². The number of carbonyl (C=O) groups excluding carboxylic acids is 1. The second-order valence-electron chi connectivity index (χ2n) is 5.34. The van der Waals surface area contributed by atoms with Crippen LogP contribution in [-0.4, -0.2) is 49.8 Å². The number of ether oxygens (including phenoxy) is 1. The average molecular weight is 321 g/mol. The molecule has 0 aliphatic heterocycles. The second-order valence-corrected chi connectivity index (χ2v) is 5.34. The lowest BCUT2D eigenvalue weighted by atomic mass is 10.1. The molecule has 1 aromatic heterocycles. The van der Waals surface area contributed by atoms with Crippen molar-refractivity contribution in [2.75, 3.05) is 33.8 Å². The van der Waals surface area contributed by atoms with Gasteiger partial charge in [-0.25, -0.2) is 4.39 Å². The molecule has 1 amide bonds. The maximum Gasteiger partial charge on any atom is 0.246 e. The highest BCUT2D eigenvalue weighted by molar-refractivity contribution is 5.77. The van der Waals surface area contributed by atoms with Gasteiger partial charge in [0.25, 0.3) is 0 Å². The third-order valence-corrected chi connectivity index (χ3v) is 3.05. The van der Waals surface area contributed by atoms with E-state index in [9.17, 15) is 9.18 Å². The maximum absolute atomic E-state index is 12.9. The number of benzene rings is 1. The minimum absolute atomic E-state index is 0.0355. The van der Waals surface area contributed by atoms with Crippen molar-refractivity contribution < 1.29 is 18.4 Å². The van der Waals surface area contributed by atoms with Crippen LogP contribution in [0.5, 0.6) is 0 Å². The summed E-state index contributed by atoms with van der Waals surface area (Å²) in [5.41, 5.74) is 1.30. The molecule has 0 aliphatic rings. The molecule has 23 heavy (non-hydrogen) atoms. The Labute approximate surface area is 134 Å². The van der Waals surface area contributed by atoms with E-state index in [2.05, 4.69) is 10.5 Å². The second kappa shape index (κ2) is 8.40. The van der Waals surface area contributed by atoms with Crippen LogP contribution in [0.1, 0.15) is 5.69 Å². The highest BCUT2D eigenvalue weighted by Gasteiger charge is 2.08. The summed E-state index contributed by atoms with van der Waals surface area (Å²) >= 11 is 0. The molecule has 0 radical (unpaired) electrons. The molecule has 0 saturated heterocycles. The molecule has 7 heteroatoms. The van der Waals surface area contributed by atoms with Gasteiger partial charge in [-0.15, -0.1) is 0 Å². The van der Waals surface area contributed by atoms with Crippen molar-refractivity contribution in [1.29, 1.82) is 0 Å². The monoisotopic (exact) mass is 321 g/mol. The third-order valence-electron chi connectivity index (χ3n) is 3.05. The van der Waals surface area contributed by atoms with Gasteiger partial charge < -0.3 is 19.5 Å². The molecule has 2 aromatic rings. The summed E-state index contributed by atoms with van der Waals surface area (Å²) in [5.74, 6) is 0.0465. The van der Waals surface area contributed by atoms with E-state index in [0.29, 0.717) is 18.0 Å². The lowest BCUT2D eigenvalue weighted by Gasteiger charge is -2.10. The van der Waals surface area contributed by atoms with E-state index in [1.807, 2.05) is 19.0 Å². The van der Waals surface area contributed by atoms with Crippen LogP contribution in [0.25, 0.3) is 11.3 Å². The molecule has 1 aromatic carbocycles. The van der Waals surface area contributed by atoms with E-state index in [-0.39, 0.29) is 24.9 Å². The summed E-state index contributed by atoms with van der Waals surface area (Å²) in [6.45, 7) is 1.49. The molecule has 1 heterocycles. The Morgan fingerprint density at radius 3 is 2.78 bits per heavy atom. The summed E-state index contributed by atoms with van der Waals surface area (Å²) in [6, 6.07) is 7.63. The minimum Gasteiger partial charge on any atom is -0.365 e. The molecule has 124 valence electrons. The fourth-order valence-electron chi connectivity index (χ4n) is 1.85. The molecule has 0 fully saturated rings. The van der Waals surface area contributed by atoms with Crippen LogP contribution in [0.3, 0.4) is 0 Å². The van der Waals surface area contributed by atoms with Gasteiger partial charge in [-0.2, -0.15) is 0 Å². The normalized spacial score (nSPS) is 11.0. The molecule has 0 aliphatic carbocycles. The van der Waals surface area contributed by atoms with E-state index in [1.165, 1.54) is 12.1 Å². The summed E-state index contributed by atoms with van der Waals surface area (Å²) in [4.78, 5) is 13.5. The van der Waals surface area contributed by atoms with Crippen LogP contribution in [0.4, 0.5) is 4.39 Å². The van der Waals surface area contributed by atoms with Gasteiger partial charge in [0.15, 0.2) is 5.76 Å². The van der Waals surface area contributed by atoms with Crippen LogP contribution in [0, 0.1) is 5.82 Å². The summed E-state index contributed by atoms with van der Waals surface area (Å²) in [5, 5.41) is 6.62. The zero-order valence-corrected chi connectivity index (χ0v) is 13.2. The number of nitrogens with one attached hydrogen (secondary N) is 1. The number of rotatable bonds is 8. The van der Waals surface area contributed by atoms with Crippen LogP contribution in [0.15, 0.2) is 34.9 Å². The Hall–Kier alpha value is -2.25. The predicted octanol–water partition coefficient (Wildman–Crippen LogP) is 1.68. The van der Waals surface area contributed by atoms with E-state index in [0.717, 1.165) is 12.1 Å². The first kappa shape index (κ1) is 17.1. The van der Waals surface area contributed by atoms with Crippen LogP contribution in [-0.2, 0) is 16.1 Å². The van der Waals surface area contributed by atoms with Crippen molar-refractivity contribution >= 4 is 5.91 Å². The van der Waals surface area contributed by atoms with Crippen molar-refractivity contribution in [2.45, 2.75) is 6.61 Å². The Morgan fingerprint density at radius 1 is 1.35 bits per heavy atom. The predicted molar refractivity (Wildman–Crippen MR) is 83.1 cm³/mol. The summed E-state index contributed by atoms with van der Waals surface area (Å²) < 4.78 is 23.4. The highest BCUT2D eigenvalue weighted by atomic mass is 19.1. The molecule has 0 bridgehead atoms. The van der Waals surface area contributed by atoms with Gasteiger partial charge in [0.1, 0.15) is 18.1 Å². The van der Waals surface area contributed by atoms with Gasteiger partial charge >= 0.3 is 0 Å². The lowest BCUT2D eigenvalue weighted by molar-refractivity contribution is -0.126. The molecular weight excluding hydrogens is 301 g/mol. The van der Waals surface area contributed by atoms with Crippen molar-refractivity contribution in [3.63, 3.8) is 0 Å². The SMILES string of the molecule is CN(C)CCNC(=O)COCc1cc(-c2ccc(F)cc2)on1. The Morgan fingerprint density at radius 2 is 2.09 bits per heavy atom. The molecule has 0 spiro atoms. The molecule has 0 atom stereocenters. The van der Waals surface area contributed by atoms with E-state index in [1.54, 1.807) is 18.2 Å². The van der Waals surface area contributed by atoms with Gasteiger partial charge in [-0.1, -0.05) is 5.16 Å². The van der Waals surface area contributed by atoms with Crippen LogP contribution in [0.2, 0.25) is 0 Å². The fourth-order valence-corrected chi connectivity index (χ4v) is 1.85. The Bertz CT molecular complexity index is 626. The van der Waals surface area contributed by atoms with Gasteiger partial charge in [-0.05, 0) is 38.4 Å². The van der Waals surface area contributed by atoms with E-state index < -0.39 is 0 Å². The number of likely N-dealkylation sites (N-methyl/N-ethyl adjacent to an activating group) is 1. The molecule has 6 nitrogen and oxygen atoms in total. The van der Waals surface area contributed by atoms with Gasteiger partial charge in [0.2, 0.25) is 5.91 Å². The smallest absolute Gasteiger partial charge is 0.246 e. The van der Waals surface area contributed by atoms with Gasteiger partial charge in [-0.3, -0.25) is 4.79 Å². The number of amides is 1. The standard InChI is InChI=1S/C16H20FN3O3/c1-20(2)8-7-18-16(21)11-22-10-14-9-15(23-19-14)12-3-5-13(17)6-4-12/h3-6,9H,7-8,10-11H2,1-2H3,(H,18,21). The third kappa shape index (κ3) is 5.80.